The highest BCUT2D eigenvalue weighted by atomic mass is 28.3. The van der Waals surface area contributed by atoms with Gasteiger partial charge in [-0.05, 0) is 18.8 Å². The van der Waals surface area contributed by atoms with Crippen LogP contribution in [0.3, 0.4) is 0 Å². The predicted molar refractivity (Wildman–Crippen MR) is 79.9 cm³/mol. The van der Waals surface area contributed by atoms with Crippen LogP contribution in [0.5, 0.6) is 0 Å². The molecule has 18 heavy (non-hydrogen) atoms. The average Bonchev–Trinajstić information content (AvgIpc) is 2.12. The summed E-state index contributed by atoms with van der Waals surface area (Å²) in [6, 6.07) is 0. The summed E-state index contributed by atoms with van der Waals surface area (Å²) >= 11 is 0. The van der Waals surface area contributed by atoms with Crippen molar-refractivity contribution in [3.8, 4) is 11.5 Å². The van der Waals surface area contributed by atoms with Gasteiger partial charge in [-0.15, -0.1) is 11.5 Å². The molecule has 0 aromatic carbocycles. The van der Waals surface area contributed by atoms with Crippen LogP contribution in [-0.2, 0) is 9.53 Å². The first-order valence-corrected chi connectivity index (χ1v) is 10.2. The lowest BCUT2D eigenvalue weighted by molar-refractivity contribution is -0.145. The zero-order valence-corrected chi connectivity index (χ0v) is 14.0. The van der Waals surface area contributed by atoms with Crippen LogP contribution in [0.15, 0.2) is 0 Å². The molecular formula is C15H28O2Si. The zero-order valence-electron chi connectivity index (χ0n) is 13.0. The lowest BCUT2D eigenvalue weighted by atomic mass is 9.81. The van der Waals surface area contributed by atoms with Gasteiger partial charge in [-0.25, -0.2) is 0 Å². The molecule has 3 heteroatoms. The monoisotopic (exact) mass is 268 g/mol. The van der Waals surface area contributed by atoms with Gasteiger partial charge < -0.3 is 4.74 Å². The van der Waals surface area contributed by atoms with Crippen LogP contribution < -0.4 is 0 Å². The topological polar surface area (TPSA) is 26.3 Å². The van der Waals surface area contributed by atoms with Crippen molar-refractivity contribution in [1.29, 1.82) is 0 Å². The molecule has 0 N–H and O–H groups in total. The molecule has 0 aromatic rings. The summed E-state index contributed by atoms with van der Waals surface area (Å²) in [7, 11) is -1.29. The second-order valence-corrected chi connectivity index (χ2v) is 11.5. The SMILES string of the molecule is CCOC(=O)CC(C)(C)C[C@H](C)C#C[Si](C)(C)C. The highest BCUT2D eigenvalue weighted by Gasteiger charge is 2.24. The molecular weight excluding hydrogens is 240 g/mol. The third kappa shape index (κ3) is 9.29. The minimum Gasteiger partial charge on any atom is -0.466 e. The Bertz CT molecular complexity index is 329. The van der Waals surface area contributed by atoms with Crippen molar-refractivity contribution in [3.05, 3.63) is 0 Å². The Kier molecular flexibility index (Phi) is 6.70. The summed E-state index contributed by atoms with van der Waals surface area (Å²) in [6.07, 6.45) is 1.41. The fraction of sp³-hybridized carbons (Fsp3) is 0.800. The molecule has 0 heterocycles. The third-order valence-corrected chi connectivity index (χ3v) is 3.37. The Morgan fingerprint density at radius 1 is 1.33 bits per heavy atom. The van der Waals surface area contributed by atoms with E-state index in [1.54, 1.807) is 0 Å². The van der Waals surface area contributed by atoms with Crippen molar-refractivity contribution in [2.24, 2.45) is 11.3 Å². The van der Waals surface area contributed by atoms with Gasteiger partial charge in [0.2, 0.25) is 0 Å². The third-order valence-electron chi connectivity index (χ3n) is 2.48. The van der Waals surface area contributed by atoms with E-state index in [9.17, 15) is 4.79 Å². The van der Waals surface area contributed by atoms with Crippen LogP contribution in [-0.4, -0.2) is 20.7 Å². The molecule has 0 aliphatic carbocycles. The summed E-state index contributed by atoms with van der Waals surface area (Å²) in [5, 5.41) is 0. The molecule has 0 aromatic heterocycles. The van der Waals surface area contributed by atoms with E-state index in [1.807, 2.05) is 6.92 Å². The number of ether oxygens (including phenoxy) is 1. The van der Waals surface area contributed by atoms with Crippen molar-refractivity contribution < 1.29 is 9.53 Å². The Morgan fingerprint density at radius 2 is 1.89 bits per heavy atom. The minimum absolute atomic E-state index is 0.0419. The van der Waals surface area contributed by atoms with Crippen LogP contribution in [0, 0.1) is 22.8 Å². The number of hydrogen-bond donors (Lipinski definition) is 0. The maximum atomic E-state index is 11.5. The molecule has 0 saturated carbocycles. The molecule has 104 valence electrons. The van der Waals surface area contributed by atoms with E-state index >= 15 is 0 Å². The summed E-state index contributed by atoms with van der Waals surface area (Å²) < 4.78 is 5.01. The van der Waals surface area contributed by atoms with Crippen molar-refractivity contribution in [1.82, 2.24) is 0 Å². The van der Waals surface area contributed by atoms with Gasteiger partial charge in [0.15, 0.2) is 0 Å². The molecule has 0 aliphatic heterocycles. The Morgan fingerprint density at radius 3 is 2.33 bits per heavy atom. The van der Waals surface area contributed by atoms with E-state index in [1.165, 1.54) is 0 Å². The molecule has 0 radical (unpaired) electrons. The standard InChI is InChI=1S/C15H28O2Si/c1-8-17-14(16)12-15(3,4)11-13(2)9-10-18(5,6)7/h13H,8,11-12H2,1-7H3/t13-/m1/s1. The molecule has 1 atom stereocenters. The van der Waals surface area contributed by atoms with E-state index in [0.29, 0.717) is 18.9 Å². The Balaban J connectivity index is 4.38. The van der Waals surface area contributed by atoms with E-state index in [-0.39, 0.29) is 11.4 Å². The lowest BCUT2D eigenvalue weighted by Gasteiger charge is -2.25. The van der Waals surface area contributed by atoms with Crippen molar-refractivity contribution in [3.63, 3.8) is 0 Å². The molecule has 0 fully saturated rings. The predicted octanol–water partition coefficient (Wildman–Crippen LogP) is 3.87. The maximum Gasteiger partial charge on any atom is 0.306 e. The first kappa shape index (κ1) is 17.2. The zero-order chi connectivity index (χ0) is 14.4. The summed E-state index contributed by atoms with van der Waals surface area (Å²) in [5.41, 5.74) is 3.35. The highest BCUT2D eigenvalue weighted by molar-refractivity contribution is 6.83. The number of carbonyl (C=O) groups excluding carboxylic acids is 1. The van der Waals surface area contributed by atoms with Crippen LogP contribution in [0.1, 0.15) is 40.5 Å². The lowest BCUT2D eigenvalue weighted by Crippen LogP contribution is -2.22. The first-order chi connectivity index (χ1) is 8.06. The van der Waals surface area contributed by atoms with E-state index in [4.69, 9.17) is 4.74 Å². The normalized spacial score (nSPS) is 13.5. The van der Waals surface area contributed by atoms with Crippen LogP contribution in [0.25, 0.3) is 0 Å². The second kappa shape index (κ2) is 6.99. The van der Waals surface area contributed by atoms with Gasteiger partial charge in [-0.1, -0.05) is 40.4 Å². The van der Waals surface area contributed by atoms with Crippen LogP contribution in [0.4, 0.5) is 0 Å². The maximum absolute atomic E-state index is 11.5. The molecule has 2 nitrogen and oxygen atoms in total. The molecule has 0 unspecified atom stereocenters. The van der Waals surface area contributed by atoms with E-state index in [0.717, 1.165) is 6.42 Å². The molecule has 0 saturated heterocycles. The van der Waals surface area contributed by atoms with Crippen molar-refractivity contribution >= 4 is 14.0 Å². The number of hydrogen-bond acceptors (Lipinski definition) is 2. The van der Waals surface area contributed by atoms with Gasteiger partial charge in [0, 0.05) is 5.92 Å². The van der Waals surface area contributed by atoms with Crippen molar-refractivity contribution in [2.75, 3.05) is 6.61 Å². The summed E-state index contributed by atoms with van der Waals surface area (Å²) in [5.74, 6) is 3.57. The van der Waals surface area contributed by atoms with Gasteiger partial charge in [0.25, 0.3) is 0 Å². The van der Waals surface area contributed by atoms with Gasteiger partial charge in [0.1, 0.15) is 8.07 Å². The fourth-order valence-electron chi connectivity index (χ4n) is 1.89. The van der Waals surface area contributed by atoms with E-state index in [2.05, 4.69) is 51.9 Å². The molecule has 0 aliphatic rings. The summed E-state index contributed by atoms with van der Waals surface area (Å²) in [4.78, 5) is 11.5. The highest BCUT2D eigenvalue weighted by Crippen LogP contribution is 2.29. The van der Waals surface area contributed by atoms with Gasteiger partial charge in [-0.2, -0.15) is 0 Å². The molecule has 0 rings (SSSR count). The van der Waals surface area contributed by atoms with Crippen molar-refractivity contribution in [2.45, 2.75) is 60.2 Å². The van der Waals surface area contributed by atoms with Gasteiger partial charge in [0.05, 0.1) is 13.0 Å². The second-order valence-electron chi connectivity index (χ2n) is 6.77. The van der Waals surface area contributed by atoms with Crippen LogP contribution in [0.2, 0.25) is 19.6 Å². The fourth-order valence-corrected chi connectivity index (χ4v) is 2.57. The van der Waals surface area contributed by atoms with Crippen LogP contribution >= 0.6 is 0 Å². The number of esters is 1. The number of carbonyl (C=O) groups is 1. The first-order valence-electron chi connectivity index (χ1n) is 6.74. The largest absolute Gasteiger partial charge is 0.466 e. The number of rotatable bonds is 5. The molecule has 0 bridgehead atoms. The summed E-state index contributed by atoms with van der Waals surface area (Å²) in [6.45, 7) is 15.4. The van der Waals surface area contributed by atoms with Gasteiger partial charge in [-0.3, -0.25) is 4.79 Å². The molecule has 0 amide bonds. The minimum atomic E-state index is -1.29. The Labute approximate surface area is 114 Å². The van der Waals surface area contributed by atoms with E-state index < -0.39 is 8.07 Å². The quantitative estimate of drug-likeness (QED) is 0.430. The smallest absolute Gasteiger partial charge is 0.306 e. The average molecular weight is 268 g/mol. The molecule has 0 spiro atoms. The van der Waals surface area contributed by atoms with Gasteiger partial charge >= 0.3 is 5.97 Å². The Hall–Kier alpha value is -0.753.